The van der Waals surface area contributed by atoms with E-state index in [1.807, 2.05) is 36.4 Å². The number of imidazole rings is 1. The van der Waals surface area contributed by atoms with Crippen LogP contribution in [0.1, 0.15) is 24.7 Å². The number of para-hydroxylation sites is 1. The molecular weight excluding hydrogens is 350 g/mol. The predicted octanol–water partition coefficient (Wildman–Crippen LogP) is 4.76. The summed E-state index contributed by atoms with van der Waals surface area (Å²) in [6.45, 7) is 4.19. The molecular formula is C23H25N3O2. The average Bonchev–Trinajstić information content (AvgIpc) is 3.10. The molecule has 0 amide bonds. The second-order valence-electron chi connectivity index (χ2n) is 6.83. The van der Waals surface area contributed by atoms with Crippen molar-refractivity contribution in [3.63, 3.8) is 0 Å². The molecule has 0 atom stereocenters. The van der Waals surface area contributed by atoms with Crippen LogP contribution in [0.3, 0.4) is 0 Å². The van der Waals surface area contributed by atoms with E-state index in [-0.39, 0.29) is 0 Å². The molecule has 0 fully saturated rings. The van der Waals surface area contributed by atoms with E-state index in [0.717, 1.165) is 52.7 Å². The molecule has 4 aromatic rings. The summed E-state index contributed by atoms with van der Waals surface area (Å²) in [5, 5.41) is 1.11. The highest BCUT2D eigenvalue weighted by molar-refractivity contribution is 6.04. The van der Waals surface area contributed by atoms with E-state index in [2.05, 4.69) is 29.7 Å². The molecule has 0 saturated carbocycles. The number of pyridine rings is 1. The molecule has 0 spiro atoms. The van der Waals surface area contributed by atoms with Crippen LogP contribution in [0.5, 0.6) is 5.88 Å². The first-order valence-corrected chi connectivity index (χ1v) is 9.75. The van der Waals surface area contributed by atoms with Gasteiger partial charge in [-0.1, -0.05) is 55.5 Å². The topological polar surface area (TPSA) is 49.2 Å². The number of aromatic nitrogens is 3. The highest BCUT2D eigenvalue weighted by Gasteiger charge is 2.19. The lowest BCUT2D eigenvalue weighted by molar-refractivity contribution is 0.199. The minimum Gasteiger partial charge on any atom is -0.471 e. The van der Waals surface area contributed by atoms with E-state index in [1.165, 1.54) is 0 Å². The summed E-state index contributed by atoms with van der Waals surface area (Å²) in [5.74, 6) is 1.60. The largest absolute Gasteiger partial charge is 0.471 e. The van der Waals surface area contributed by atoms with Gasteiger partial charge in [-0.2, -0.15) is 0 Å². The standard InChI is InChI=1S/C23H25N3O2/c1-3-14-26-20(13-15-27-2)25-21-22(26)18-11-7-8-12-19(18)24-23(21)28-16-17-9-5-4-6-10-17/h4-12H,3,13-16H2,1-2H3. The molecule has 0 aliphatic heterocycles. The maximum absolute atomic E-state index is 6.15. The average molecular weight is 375 g/mol. The Morgan fingerprint density at radius 1 is 0.964 bits per heavy atom. The molecule has 0 saturated heterocycles. The maximum Gasteiger partial charge on any atom is 0.243 e. The molecule has 4 rings (SSSR count). The van der Waals surface area contributed by atoms with Gasteiger partial charge in [0.15, 0.2) is 5.52 Å². The molecule has 5 nitrogen and oxygen atoms in total. The van der Waals surface area contributed by atoms with Gasteiger partial charge in [0, 0.05) is 25.5 Å². The normalized spacial score (nSPS) is 11.4. The first-order valence-electron chi connectivity index (χ1n) is 9.75. The zero-order valence-electron chi connectivity index (χ0n) is 16.4. The molecule has 0 aliphatic rings. The Kier molecular flexibility index (Phi) is 5.53. The van der Waals surface area contributed by atoms with E-state index in [0.29, 0.717) is 19.1 Å². The van der Waals surface area contributed by atoms with Crippen molar-refractivity contribution in [1.82, 2.24) is 14.5 Å². The van der Waals surface area contributed by atoms with Gasteiger partial charge in [-0.15, -0.1) is 0 Å². The monoisotopic (exact) mass is 375 g/mol. The van der Waals surface area contributed by atoms with Crippen molar-refractivity contribution in [2.75, 3.05) is 13.7 Å². The van der Waals surface area contributed by atoms with Crippen LogP contribution in [-0.4, -0.2) is 28.3 Å². The molecule has 2 heterocycles. The van der Waals surface area contributed by atoms with Gasteiger partial charge in [0.05, 0.1) is 17.6 Å². The third-order valence-corrected chi connectivity index (χ3v) is 4.83. The van der Waals surface area contributed by atoms with Gasteiger partial charge in [0.2, 0.25) is 5.88 Å². The minimum absolute atomic E-state index is 0.468. The number of rotatable bonds is 8. The van der Waals surface area contributed by atoms with Crippen molar-refractivity contribution in [3.05, 3.63) is 66.0 Å². The molecule has 2 aromatic carbocycles. The third kappa shape index (κ3) is 3.58. The summed E-state index contributed by atoms with van der Waals surface area (Å²) in [6, 6.07) is 18.3. The number of fused-ring (bicyclic) bond motifs is 3. The van der Waals surface area contributed by atoms with Crippen LogP contribution in [0.25, 0.3) is 21.9 Å². The first kappa shape index (κ1) is 18.4. The van der Waals surface area contributed by atoms with Gasteiger partial charge in [-0.25, -0.2) is 9.97 Å². The van der Waals surface area contributed by atoms with Crippen molar-refractivity contribution in [2.45, 2.75) is 32.9 Å². The molecule has 144 valence electrons. The second-order valence-corrected chi connectivity index (χ2v) is 6.83. The number of hydrogen-bond acceptors (Lipinski definition) is 4. The second kappa shape index (κ2) is 8.40. The summed E-state index contributed by atoms with van der Waals surface area (Å²) < 4.78 is 13.7. The van der Waals surface area contributed by atoms with Crippen LogP contribution in [0.2, 0.25) is 0 Å². The summed E-state index contributed by atoms with van der Waals surface area (Å²) in [5.41, 5.74) is 3.96. The van der Waals surface area contributed by atoms with Crippen molar-refractivity contribution >= 4 is 21.9 Å². The number of methoxy groups -OCH3 is 1. The molecule has 0 N–H and O–H groups in total. The Hall–Kier alpha value is -2.92. The lowest BCUT2D eigenvalue weighted by atomic mass is 10.2. The van der Waals surface area contributed by atoms with Gasteiger partial charge < -0.3 is 14.0 Å². The Bertz CT molecular complexity index is 1070. The number of nitrogens with zero attached hydrogens (tertiary/aromatic N) is 3. The van der Waals surface area contributed by atoms with E-state index >= 15 is 0 Å². The van der Waals surface area contributed by atoms with E-state index in [9.17, 15) is 0 Å². The van der Waals surface area contributed by atoms with Crippen molar-refractivity contribution < 1.29 is 9.47 Å². The minimum atomic E-state index is 0.468. The first-order chi connectivity index (χ1) is 13.8. The summed E-state index contributed by atoms with van der Waals surface area (Å²) in [7, 11) is 1.72. The molecule has 0 unspecified atom stereocenters. The van der Waals surface area contributed by atoms with E-state index in [1.54, 1.807) is 7.11 Å². The quantitative estimate of drug-likeness (QED) is 0.445. The van der Waals surface area contributed by atoms with Gasteiger partial charge in [-0.05, 0) is 18.1 Å². The van der Waals surface area contributed by atoms with Crippen molar-refractivity contribution in [1.29, 1.82) is 0 Å². The predicted molar refractivity (Wildman–Crippen MR) is 112 cm³/mol. The molecule has 0 radical (unpaired) electrons. The van der Waals surface area contributed by atoms with Crippen LogP contribution in [0.4, 0.5) is 0 Å². The highest BCUT2D eigenvalue weighted by Crippen LogP contribution is 2.32. The van der Waals surface area contributed by atoms with Crippen LogP contribution in [-0.2, 0) is 24.3 Å². The number of hydrogen-bond donors (Lipinski definition) is 0. The Morgan fingerprint density at radius 3 is 2.54 bits per heavy atom. The number of benzene rings is 2. The number of ether oxygens (including phenoxy) is 2. The zero-order chi connectivity index (χ0) is 19.3. The summed E-state index contributed by atoms with van der Waals surface area (Å²) in [4.78, 5) is 9.71. The fourth-order valence-electron chi connectivity index (χ4n) is 3.53. The van der Waals surface area contributed by atoms with Gasteiger partial charge in [0.25, 0.3) is 0 Å². The third-order valence-electron chi connectivity index (χ3n) is 4.83. The van der Waals surface area contributed by atoms with Crippen LogP contribution in [0.15, 0.2) is 54.6 Å². The molecule has 28 heavy (non-hydrogen) atoms. The molecule has 5 heteroatoms. The van der Waals surface area contributed by atoms with Crippen LogP contribution < -0.4 is 4.74 Å². The lowest BCUT2D eigenvalue weighted by Gasteiger charge is -2.11. The van der Waals surface area contributed by atoms with Gasteiger partial charge >= 0.3 is 0 Å². The Balaban J connectivity index is 1.85. The van der Waals surface area contributed by atoms with Gasteiger partial charge in [0.1, 0.15) is 12.4 Å². The maximum atomic E-state index is 6.15. The lowest BCUT2D eigenvalue weighted by Crippen LogP contribution is -2.06. The van der Waals surface area contributed by atoms with Crippen LogP contribution in [0, 0.1) is 0 Å². The van der Waals surface area contributed by atoms with Crippen molar-refractivity contribution in [3.8, 4) is 5.88 Å². The smallest absolute Gasteiger partial charge is 0.243 e. The SMILES string of the molecule is CCCn1c(CCOC)nc2c(OCc3ccccc3)nc3ccccc3c21. The fraction of sp³-hybridized carbons (Fsp3) is 0.304. The van der Waals surface area contributed by atoms with Crippen LogP contribution >= 0.6 is 0 Å². The zero-order valence-corrected chi connectivity index (χ0v) is 16.4. The molecule has 0 aliphatic carbocycles. The van der Waals surface area contributed by atoms with Gasteiger partial charge in [-0.3, -0.25) is 0 Å². The number of aryl methyl sites for hydroxylation is 1. The van der Waals surface area contributed by atoms with E-state index in [4.69, 9.17) is 19.4 Å². The van der Waals surface area contributed by atoms with Crippen molar-refractivity contribution in [2.24, 2.45) is 0 Å². The Labute approximate surface area is 164 Å². The molecule has 0 bridgehead atoms. The summed E-state index contributed by atoms with van der Waals surface area (Å²) >= 11 is 0. The molecule has 2 aromatic heterocycles. The Morgan fingerprint density at radius 2 is 1.75 bits per heavy atom. The summed E-state index contributed by atoms with van der Waals surface area (Å²) in [6.07, 6.45) is 1.79. The van der Waals surface area contributed by atoms with E-state index < -0.39 is 0 Å². The fourth-order valence-corrected chi connectivity index (χ4v) is 3.53. The highest BCUT2D eigenvalue weighted by atomic mass is 16.5.